The van der Waals surface area contributed by atoms with Crippen molar-refractivity contribution in [1.29, 1.82) is 0 Å². The fraction of sp³-hybridized carbons (Fsp3) is 0.333. The van der Waals surface area contributed by atoms with Gasteiger partial charge < -0.3 is 15.1 Å². The van der Waals surface area contributed by atoms with Crippen LogP contribution in [0.1, 0.15) is 24.3 Å². The molecule has 1 aromatic carbocycles. The molecule has 0 saturated heterocycles. The number of hydrogen-bond acceptors (Lipinski definition) is 4. The zero-order valence-electron chi connectivity index (χ0n) is 12.6. The maximum Gasteiger partial charge on any atom is 0.278 e. The smallest absolute Gasteiger partial charge is 0.278 e. The Kier molecular flexibility index (Phi) is 4.18. The number of benzene rings is 1. The monoisotopic (exact) mass is 307 g/mol. The van der Waals surface area contributed by atoms with Crippen LogP contribution in [0.5, 0.6) is 5.75 Å². The molecule has 118 valence electrons. The molecule has 0 radical (unpaired) electrons. The predicted octanol–water partition coefficient (Wildman–Crippen LogP) is 1.56. The number of carbonyl (C=O) groups excluding carboxylic acids is 1. The Morgan fingerprint density at radius 1 is 1.36 bits per heavy atom. The molecule has 0 atom stereocenters. The molecule has 2 aromatic rings. The number of likely N-dealkylation sites (N-methyl/N-ethyl adjacent to an activating group) is 1. The number of amides is 1. The SMILES string of the molecule is CN(CC(C)(C)O)C(=O)c1nn(-c2ccc(F)cc2)cc1O. The van der Waals surface area contributed by atoms with Crippen molar-refractivity contribution in [2.75, 3.05) is 13.6 Å². The van der Waals surface area contributed by atoms with Crippen LogP contribution >= 0.6 is 0 Å². The number of carbonyl (C=O) groups is 1. The first-order valence-corrected chi connectivity index (χ1v) is 6.70. The molecule has 7 heteroatoms. The van der Waals surface area contributed by atoms with Gasteiger partial charge >= 0.3 is 0 Å². The molecule has 0 aliphatic rings. The van der Waals surface area contributed by atoms with Gasteiger partial charge in [0.1, 0.15) is 5.82 Å². The van der Waals surface area contributed by atoms with E-state index in [1.807, 2.05) is 0 Å². The fourth-order valence-corrected chi connectivity index (χ4v) is 2.08. The lowest BCUT2D eigenvalue weighted by Gasteiger charge is -2.24. The Morgan fingerprint density at radius 3 is 2.50 bits per heavy atom. The summed E-state index contributed by atoms with van der Waals surface area (Å²) >= 11 is 0. The highest BCUT2D eigenvalue weighted by Gasteiger charge is 2.25. The summed E-state index contributed by atoms with van der Waals surface area (Å²) in [6.45, 7) is 3.25. The van der Waals surface area contributed by atoms with Gasteiger partial charge in [0.25, 0.3) is 5.91 Å². The van der Waals surface area contributed by atoms with E-state index in [0.29, 0.717) is 5.69 Å². The first-order chi connectivity index (χ1) is 10.2. The van der Waals surface area contributed by atoms with Gasteiger partial charge in [0.05, 0.1) is 17.5 Å². The van der Waals surface area contributed by atoms with Gasteiger partial charge in [-0.05, 0) is 38.1 Å². The molecule has 0 spiro atoms. The summed E-state index contributed by atoms with van der Waals surface area (Å²) < 4.78 is 14.2. The van der Waals surface area contributed by atoms with Crippen LogP contribution in [0.15, 0.2) is 30.5 Å². The summed E-state index contributed by atoms with van der Waals surface area (Å²) in [7, 11) is 1.51. The van der Waals surface area contributed by atoms with Crippen LogP contribution in [0.4, 0.5) is 4.39 Å². The van der Waals surface area contributed by atoms with Crippen LogP contribution in [0.25, 0.3) is 5.69 Å². The highest BCUT2D eigenvalue weighted by atomic mass is 19.1. The molecular weight excluding hydrogens is 289 g/mol. The lowest BCUT2D eigenvalue weighted by atomic mass is 10.1. The number of aliphatic hydroxyl groups is 1. The van der Waals surface area contributed by atoms with E-state index < -0.39 is 11.5 Å². The van der Waals surface area contributed by atoms with E-state index in [4.69, 9.17) is 0 Å². The van der Waals surface area contributed by atoms with Gasteiger partial charge in [-0.15, -0.1) is 0 Å². The van der Waals surface area contributed by atoms with E-state index in [1.165, 1.54) is 47.1 Å². The lowest BCUT2D eigenvalue weighted by molar-refractivity contribution is 0.0363. The Morgan fingerprint density at radius 2 is 1.95 bits per heavy atom. The molecule has 0 saturated carbocycles. The van der Waals surface area contributed by atoms with Gasteiger partial charge in [0.15, 0.2) is 11.4 Å². The summed E-state index contributed by atoms with van der Waals surface area (Å²) in [6.07, 6.45) is 1.28. The van der Waals surface area contributed by atoms with Crippen LogP contribution < -0.4 is 0 Å². The Balaban J connectivity index is 2.26. The molecule has 0 aliphatic heterocycles. The third-order valence-electron chi connectivity index (χ3n) is 2.96. The highest BCUT2D eigenvalue weighted by Crippen LogP contribution is 2.20. The second-order valence-electron chi connectivity index (χ2n) is 5.76. The number of rotatable bonds is 4. The molecule has 1 heterocycles. The molecular formula is C15H18FN3O3. The molecule has 0 fully saturated rings. The van der Waals surface area contributed by atoms with Crippen molar-refractivity contribution in [3.63, 3.8) is 0 Å². The number of halogens is 1. The Bertz CT molecular complexity index is 674. The molecule has 0 aliphatic carbocycles. The van der Waals surface area contributed by atoms with Gasteiger partial charge in [0, 0.05) is 13.6 Å². The minimum Gasteiger partial charge on any atom is -0.504 e. The molecule has 6 nitrogen and oxygen atoms in total. The number of aromatic nitrogens is 2. The van der Waals surface area contributed by atoms with Gasteiger partial charge in [-0.1, -0.05) is 0 Å². The highest BCUT2D eigenvalue weighted by molar-refractivity contribution is 5.94. The summed E-state index contributed by atoms with van der Waals surface area (Å²) in [5.74, 6) is -1.18. The van der Waals surface area contributed by atoms with Crippen LogP contribution in [-0.2, 0) is 0 Å². The molecule has 1 aromatic heterocycles. The second kappa shape index (κ2) is 5.76. The normalized spacial score (nSPS) is 11.5. The summed E-state index contributed by atoms with van der Waals surface area (Å²) in [5.41, 5.74) is -0.670. The van der Waals surface area contributed by atoms with Gasteiger partial charge in [-0.2, -0.15) is 5.10 Å². The van der Waals surface area contributed by atoms with E-state index in [9.17, 15) is 19.4 Å². The van der Waals surface area contributed by atoms with Crippen LogP contribution in [0.3, 0.4) is 0 Å². The lowest BCUT2D eigenvalue weighted by Crippen LogP contribution is -2.39. The molecule has 0 bridgehead atoms. The number of hydrogen-bond donors (Lipinski definition) is 2. The third kappa shape index (κ3) is 3.62. The maximum atomic E-state index is 12.9. The predicted molar refractivity (Wildman–Crippen MR) is 78.4 cm³/mol. The van der Waals surface area contributed by atoms with Gasteiger partial charge in [0.2, 0.25) is 0 Å². The average Bonchev–Trinajstić information content (AvgIpc) is 2.78. The number of aromatic hydroxyl groups is 1. The minimum atomic E-state index is -1.06. The van der Waals surface area contributed by atoms with Gasteiger partial charge in [-0.25, -0.2) is 9.07 Å². The first-order valence-electron chi connectivity index (χ1n) is 6.70. The van der Waals surface area contributed by atoms with Crippen LogP contribution in [0, 0.1) is 5.82 Å². The largest absolute Gasteiger partial charge is 0.504 e. The molecule has 1 amide bonds. The summed E-state index contributed by atoms with van der Waals surface area (Å²) in [5, 5.41) is 23.7. The van der Waals surface area contributed by atoms with Gasteiger partial charge in [-0.3, -0.25) is 4.79 Å². The third-order valence-corrected chi connectivity index (χ3v) is 2.96. The van der Waals surface area contributed by atoms with Crippen molar-refractivity contribution in [2.45, 2.75) is 19.4 Å². The summed E-state index contributed by atoms with van der Waals surface area (Å²) in [6, 6.07) is 5.49. The van der Waals surface area contributed by atoms with E-state index in [0.717, 1.165) is 0 Å². The van der Waals surface area contributed by atoms with Crippen molar-refractivity contribution < 1.29 is 19.4 Å². The average molecular weight is 307 g/mol. The maximum absolute atomic E-state index is 12.9. The van der Waals surface area contributed by atoms with E-state index in [-0.39, 0.29) is 23.8 Å². The van der Waals surface area contributed by atoms with Crippen molar-refractivity contribution >= 4 is 5.91 Å². The van der Waals surface area contributed by atoms with E-state index >= 15 is 0 Å². The Hall–Kier alpha value is -2.41. The zero-order valence-corrected chi connectivity index (χ0v) is 12.6. The van der Waals surface area contributed by atoms with Crippen molar-refractivity contribution in [3.05, 3.63) is 42.0 Å². The second-order valence-corrected chi connectivity index (χ2v) is 5.76. The number of nitrogens with zero attached hydrogens (tertiary/aromatic N) is 3. The topological polar surface area (TPSA) is 78.6 Å². The molecule has 0 unspecified atom stereocenters. The van der Waals surface area contributed by atoms with Crippen LogP contribution in [0.2, 0.25) is 0 Å². The zero-order chi connectivity index (χ0) is 16.5. The Labute approximate surface area is 127 Å². The summed E-state index contributed by atoms with van der Waals surface area (Å²) in [4.78, 5) is 13.5. The minimum absolute atomic E-state index is 0.0919. The first kappa shape index (κ1) is 16.0. The van der Waals surface area contributed by atoms with Crippen LogP contribution in [-0.4, -0.2) is 50.0 Å². The van der Waals surface area contributed by atoms with E-state index in [2.05, 4.69) is 5.10 Å². The van der Waals surface area contributed by atoms with Crippen molar-refractivity contribution in [3.8, 4) is 11.4 Å². The van der Waals surface area contributed by atoms with Crippen molar-refractivity contribution in [2.24, 2.45) is 0 Å². The molecule has 2 N–H and O–H groups in total. The standard InChI is InChI=1S/C15H18FN3O3/c1-15(2,22)9-18(3)14(21)13-12(20)8-19(17-13)11-6-4-10(16)5-7-11/h4-8,20,22H,9H2,1-3H3. The quantitative estimate of drug-likeness (QED) is 0.898. The fourth-order valence-electron chi connectivity index (χ4n) is 2.08. The molecule has 22 heavy (non-hydrogen) atoms. The van der Waals surface area contributed by atoms with E-state index in [1.54, 1.807) is 13.8 Å². The molecule has 2 rings (SSSR count). The van der Waals surface area contributed by atoms with Crippen molar-refractivity contribution in [1.82, 2.24) is 14.7 Å².